The van der Waals surface area contributed by atoms with E-state index in [0.29, 0.717) is 28.5 Å². The van der Waals surface area contributed by atoms with E-state index in [9.17, 15) is 4.79 Å². The predicted molar refractivity (Wildman–Crippen MR) is 129 cm³/mol. The third-order valence-electron chi connectivity index (χ3n) is 5.02. The Balaban J connectivity index is 1.58. The van der Waals surface area contributed by atoms with E-state index in [4.69, 9.17) is 9.47 Å². The van der Waals surface area contributed by atoms with Gasteiger partial charge in [-0.15, -0.1) is 5.10 Å². The minimum atomic E-state index is -0.174. The van der Waals surface area contributed by atoms with E-state index >= 15 is 0 Å². The van der Waals surface area contributed by atoms with Gasteiger partial charge in [-0.05, 0) is 49.2 Å². The number of hydrogen-bond acceptors (Lipinski definition) is 6. The third-order valence-corrected chi connectivity index (χ3v) is 5.98. The number of fused-ring (bicyclic) bond motifs is 1. The molecule has 0 spiro atoms. The normalized spacial score (nSPS) is 11.9. The minimum absolute atomic E-state index is 0.174. The number of para-hydroxylation sites is 1. The zero-order valence-corrected chi connectivity index (χ0v) is 19.2. The van der Waals surface area contributed by atoms with Gasteiger partial charge in [0.15, 0.2) is 5.82 Å². The molecule has 0 N–H and O–H groups in total. The van der Waals surface area contributed by atoms with Gasteiger partial charge in [-0.2, -0.15) is 9.50 Å². The van der Waals surface area contributed by atoms with Crippen LogP contribution in [0.2, 0.25) is 0 Å². The molecule has 166 valence electrons. The maximum atomic E-state index is 12.9. The first-order valence-corrected chi connectivity index (χ1v) is 11.9. The van der Waals surface area contributed by atoms with Gasteiger partial charge in [-0.3, -0.25) is 4.79 Å². The van der Waals surface area contributed by atoms with Crippen LogP contribution in [0.15, 0.2) is 53.3 Å². The van der Waals surface area contributed by atoms with Gasteiger partial charge >= 0.3 is 0 Å². The van der Waals surface area contributed by atoms with E-state index in [1.54, 1.807) is 0 Å². The fraction of sp³-hybridized carbons (Fsp3) is 0.320. The number of benzene rings is 2. The van der Waals surface area contributed by atoms with Crippen molar-refractivity contribution in [3.05, 3.63) is 69.0 Å². The average Bonchev–Trinajstić information content (AvgIpc) is 3.35. The molecule has 0 atom stereocenters. The second-order valence-electron chi connectivity index (χ2n) is 7.51. The van der Waals surface area contributed by atoms with E-state index in [1.165, 1.54) is 15.9 Å². The third kappa shape index (κ3) is 4.99. The highest BCUT2D eigenvalue weighted by atomic mass is 32.1. The zero-order chi connectivity index (χ0) is 22.3. The lowest BCUT2D eigenvalue weighted by Crippen LogP contribution is -2.23. The molecule has 0 aliphatic rings. The molecule has 0 radical (unpaired) electrons. The highest BCUT2D eigenvalue weighted by Crippen LogP contribution is 2.22. The van der Waals surface area contributed by atoms with Crippen LogP contribution in [0, 0.1) is 0 Å². The van der Waals surface area contributed by atoms with Crippen molar-refractivity contribution in [2.24, 2.45) is 0 Å². The molecule has 0 amide bonds. The van der Waals surface area contributed by atoms with E-state index in [1.807, 2.05) is 54.6 Å². The van der Waals surface area contributed by atoms with Crippen molar-refractivity contribution in [1.29, 1.82) is 0 Å². The molecule has 0 saturated carbocycles. The highest BCUT2D eigenvalue weighted by molar-refractivity contribution is 7.15. The van der Waals surface area contributed by atoms with Gasteiger partial charge in [0.2, 0.25) is 4.96 Å². The Labute approximate surface area is 191 Å². The van der Waals surface area contributed by atoms with Gasteiger partial charge < -0.3 is 9.47 Å². The molecule has 0 fully saturated rings. The molecular weight excluding hydrogens is 422 g/mol. The van der Waals surface area contributed by atoms with Crippen LogP contribution in [0.3, 0.4) is 0 Å². The first-order valence-electron chi connectivity index (χ1n) is 11.1. The molecule has 2 aromatic heterocycles. The number of hydrogen-bond donors (Lipinski definition) is 0. The summed E-state index contributed by atoms with van der Waals surface area (Å²) >= 11 is 1.33. The Bertz CT molecular complexity index is 1280. The SMILES string of the molecule is CCCCOc1ccc(-c2nc3sc(=Cc4ccccc4OCCCC)c(=O)n3n2)cc1. The molecule has 0 unspecified atom stereocenters. The summed E-state index contributed by atoms with van der Waals surface area (Å²) in [6.07, 6.45) is 6.05. The molecular formula is C25H27N3O3S. The summed E-state index contributed by atoms with van der Waals surface area (Å²) in [6.45, 7) is 5.63. The van der Waals surface area contributed by atoms with E-state index in [-0.39, 0.29) is 5.56 Å². The first kappa shape index (κ1) is 22.0. The standard InChI is InChI=1S/C25H27N3O3S/c1-3-5-15-30-20-13-11-18(12-14-20)23-26-25-28(27-23)24(29)22(32-25)17-19-9-7-8-10-21(19)31-16-6-4-2/h7-14,17H,3-6,15-16H2,1-2H3. The molecule has 0 aliphatic heterocycles. The van der Waals surface area contributed by atoms with Crippen molar-refractivity contribution >= 4 is 22.4 Å². The van der Waals surface area contributed by atoms with E-state index < -0.39 is 0 Å². The van der Waals surface area contributed by atoms with Crippen LogP contribution in [0.1, 0.15) is 45.1 Å². The lowest BCUT2D eigenvalue weighted by molar-refractivity contribution is 0.308. The second-order valence-corrected chi connectivity index (χ2v) is 8.52. The van der Waals surface area contributed by atoms with E-state index in [2.05, 4.69) is 23.9 Å². The van der Waals surface area contributed by atoms with Gasteiger partial charge in [-0.1, -0.05) is 56.2 Å². The van der Waals surface area contributed by atoms with Gasteiger partial charge in [-0.25, -0.2) is 0 Å². The summed E-state index contributed by atoms with van der Waals surface area (Å²) in [4.78, 5) is 18.1. The molecule has 4 rings (SSSR count). The van der Waals surface area contributed by atoms with Crippen LogP contribution in [0.5, 0.6) is 11.5 Å². The van der Waals surface area contributed by atoms with Crippen LogP contribution >= 0.6 is 11.3 Å². The summed E-state index contributed by atoms with van der Waals surface area (Å²) in [5, 5.41) is 4.44. The Kier molecular flexibility index (Phi) is 7.17. The molecule has 0 bridgehead atoms. The summed E-state index contributed by atoms with van der Waals surface area (Å²) in [7, 11) is 0. The van der Waals surface area contributed by atoms with Crippen LogP contribution < -0.4 is 19.6 Å². The maximum Gasteiger partial charge on any atom is 0.291 e. The predicted octanol–water partition coefficient (Wildman–Crippen LogP) is 4.72. The Morgan fingerprint density at radius 3 is 2.41 bits per heavy atom. The topological polar surface area (TPSA) is 65.7 Å². The van der Waals surface area contributed by atoms with Crippen molar-refractivity contribution in [1.82, 2.24) is 14.6 Å². The summed E-state index contributed by atoms with van der Waals surface area (Å²) in [5.74, 6) is 2.13. The molecule has 2 aromatic carbocycles. The van der Waals surface area contributed by atoms with Crippen LogP contribution in [-0.4, -0.2) is 27.8 Å². The molecule has 2 heterocycles. The molecule has 32 heavy (non-hydrogen) atoms. The Morgan fingerprint density at radius 1 is 0.969 bits per heavy atom. The van der Waals surface area contributed by atoms with Crippen molar-refractivity contribution in [3.63, 3.8) is 0 Å². The van der Waals surface area contributed by atoms with Gasteiger partial charge in [0.25, 0.3) is 5.56 Å². The molecule has 0 saturated heterocycles. The lowest BCUT2D eigenvalue weighted by atomic mass is 10.2. The van der Waals surface area contributed by atoms with Crippen molar-refractivity contribution < 1.29 is 9.47 Å². The van der Waals surface area contributed by atoms with Crippen LogP contribution in [0.25, 0.3) is 22.4 Å². The molecule has 7 heteroatoms. The quantitative estimate of drug-likeness (QED) is 0.328. The van der Waals surface area contributed by atoms with Gasteiger partial charge in [0.05, 0.1) is 17.7 Å². The monoisotopic (exact) mass is 449 g/mol. The smallest absolute Gasteiger partial charge is 0.291 e. The van der Waals surface area contributed by atoms with Crippen molar-refractivity contribution in [2.45, 2.75) is 39.5 Å². The number of nitrogens with zero attached hydrogens (tertiary/aromatic N) is 3. The van der Waals surface area contributed by atoms with Crippen molar-refractivity contribution in [3.8, 4) is 22.9 Å². The van der Waals surface area contributed by atoms with Crippen LogP contribution in [-0.2, 0) is 0 Å². The maximum absolute atomic E-state index is 12.9. The fourth-order valence-corrected chi connectivity index (χ4v) is 4.09. The lowest BCUT2D eigenvalue weighted by Gasteiger charge is -2.07. The van der Waals surface area contributed by atoms with Crippen molar-refractivity contribution in [2.75, 3.05) is 13.2 Å². The minimum Gasteiger partial charge on any atom is -0.494 e. The zero-order valence-electron chi connectivity index (χ0n) is 18.4. The Morgan fingerprint density at radius 2 is 1.69 bits per heavy atom. The molecule has 6 nitrogen and oxygen atoms in total. The van der Waals surface area contributed by atoms with Gasteiger partial charge in [0, 0.05) is 11.1 Å². The number of rotatable bonds is 10. The van der Waals surface area contributed by atoms with Crippen LogP contribution in [0.4, 0.5) is 0 Å². The highest BCUT2D eigenvalue weighted by Gasteiger charge is 2.12. The fourth-order valence-electron chi connectivity index (χ4n) is 3.19. The summed E-state index contributed by atoms with van der Waals surface area (Å²) in [6, 6.07) is 15.4. The Hall–Kier alpha value is -3.19. The van der Waals surface area contributed by atoms with E-state index in [0.717, 1.165) is 48.3 Å². The summed E-state index contributed by atoms with van der Waals surface area (Å²) < 4.78 is 13.5. The average molecular weight is 450 g/mol. The largest absolute Gasteiger partial charge is 0.494 e. The number of thiazole rings is 1. The number of ether oxygens (including phenoxy) is 2. The first-order chi connectivity index (χ1) is 15.7. The van der Waals surface area contributed by atoms with Gasteiger partial charge in [0.1, 0.15) is 11.5 Å². The second kappa shape index (κ2) is 10.4. The number of aromatic nitrogens is 3. The number of unbranched alkanes of at least 4 members (excludes halogenated alkanes) is 2. The molecule has 4 aromatic rings. The molecule has 0 aliphatic carbocycles. The summed E-state index contributed by atoms with van der Waals surface area (Å²) in [5.41, 5.74) is 1.55.